The zero-order valence-electron chi connectivity index (χ0n) is 10.4. The lowest BCUT2D eigenvalue weighted by Gasteiger charge is -2.23. The summed E-state index contributed by atoms with van der Waals surface area (Å²) in [6.45, 7) is 4.20. The van der Waals surface area contributed by atoms with Crippen molar-refractivity contribution >= 4 is 5.91 Å². The topological polar surface area (TPSA) is 68.8 Å². The summed E-state index contributed by atoms with van der Waals surface area (Å²) in [5.74, 6) is -0.0927. The zero-order chi connectivity index (χ0) is 12.3. The Labute approximate surface area is 102 Å². The number of morpholine rings is 1. The molecule has 0 aliphatic carbocycles. The predicted octanol–water partition coefficient (Wildman–Crippen LogP) is -0.856. The molecule has 1 saturated heterocycles. The van der Waals surface area contributed by atoms with Gasteiger partial charge in [0.25, 0.3) is 0 Å². The Bertz CT molecular complexity index is 208. The number of carbonyl (C=O) groups excluding carboxylic acids is 1. The van der Waals surface area contributed by atoms with Crippen molar-refractivity contribution in [3.63, 3.8) is 0 Å². The van der Waals surface area contributed by atoms with Gasteiger partial charge < -0.3 is 24.8 Å². The average molecular weight is 246 g/mol. The van der Waals surface area contributed by atoms with Crippen LogP contribution in [0, 0.1) is 0 Å². The molecule has 1 atom stereocenters. The maximum absolute atomic E-state index is 11.3. The molecule has 1 heterocycles. The highest BCUT2D eigenvalue weighted by Gasteiger charge is 2.13. The third-order valence-electron chi connectivity index (χ3n) is 2.39. The minimum atomic E-state index is -0.0927. The Balaban J connectivity index is 1.92. The second-order valence-electron chi connectivity index (χ2n) is 3.91. The van der Waals surface area contributed by atoms with E-state index in [0.717, 1.165) is 19.5 Å². The van der Waals surface area contributed by atoms with Crippen LogP contribution in [0.15, 0.2) is 0 Å². The van der Waals surface area contributed by atoms with Crippen molar-refractivity contribution in [1.29, 1.82) is 0 Å². The molecule has 1 rings (SSSR count). The summed E-state index contributed by atoms with van der Waals surface area (Å²) in [5.41, 5.74) is 0. The molecule has 1 fully saturated rings. The van der Waals surface area contributed by atoms with Crippen molar-refractivity contribution < 1.29 is 19.0 Å². The lowest BCUT2D eigenvalue weighted by Crippen LogP contribution is -2.41. The van der Waals surface area contributed by atoms with Gasteiger partial charge in [-0.3, -0.25) is 4.79 Å². The summed E-state index contributed by atoms with van der Waals surface area (Å²) in [6.07, 6.45) is 0.878. The summed E-state index contributed by atoms with van der Waals surface area (Å²) >= 11 is 0. The van der Waals surface area contributed by atoms with Crippen LogP contribution in [0.2, 0.25) is 0 Å². The van der Waals surface area contributed by atoms with E-state index in [9.17, 15) is 4.79 Å². The van der Waals surface area contributed by atoms with Crippen LogP contribution in [0.1, 0.15) is 6.42 Å². The molecule has 0 aromatic rings. The number of rotatable bonds is 8. The second kappa shape index (κ2) is 9.35. The van der Waals surface area contributed by atoms with Gasteiger partial charge in [-0.15, -0.1) is 0 Å². The van der Waals surface area contributed by atoms with Crippen LogP contribution < -0.4 is 10.6 Å². The van der Waals surface area contributed by atoms with Crippen LogP contribution in [-0.4, -0.2) is 65.2 Å². The summed E-state index contributed by atoms with van der Waals surface area (Å²) < 4.78 is 15.6. The molecule has 1 unspecified atom stereocenters. The Hall–Kier alpha value is -0.690. The number of nitrogens with one attached hydrogen (secondary N) is 2. The summed E-state index contributed by atoms with van der Waals surface area (Å²) in [4.78, 5) is 11.3. The fourth-order valence-corrected chi connectivity index (χ4v) is 1.51. The number of methoxy groups -OCH3 is 1. The zero-order valence-corrected chi connectivity index (χ0v) is 10.4. The normalized spacial score (nSPS) is 20.2. The van der Waals surface area contributed by atoms with Crippen LogP contribution in [0.3, 0.4) is 0 Å². The minimum Gasteiger partial charge on any atom is -0.385 e. The quantitative estimate of drug-likeness (QED) is 0.546. The van der Waals surface area contributed by atoms with Gasteiger partial charge in [-0.2, -0.15) is 0 Å². The molecular weight excluding hydrogens is 224 g/mol. The molecule has 1 aliphatic rings. The van der Waals surface area contributed by atoms with Crippen LogP contribution in [0.5, 0.6) is 0 Å². The van der Waals surface area contributed by atoms with E-state index in [1.54, 1.807) is 7.11 Å². The molecule has 0 aromatic carbocycles. The van der Waals surface area contributed by atoms with E-state index >= 15 is 0 Å². The smallest absolute Gasteiger partial charge is 0.246 e. The Morgan fingerprint density at radius 1 is 1.59 bits per heavy atom. The van der Waals surface area contributed by atoms with Crippen molar-refractivity contribution in [2.45, 2.75) is 12.5 Å². The monoisotopic (exact) mass is 246 g/mol. The Morgan fingerprint density at radius 2 is 2.47 bits per heavy atom. The summed E-state index contributed by atoms with van der Waals surface area (Å²) in [5, 5.41) is 5.96. The van der Waals surface area contributed by atoms with Crippen molar-refractivity contribution in [2.75, 3.05) is 53.2 Å². The first-order chi connectivity index (χ1) is 8.33. The molecule has 0 radical (unpaired) electrons. The fourth-order valence-electron chi connectivity index (χ4n) is 1.51. The van der Waals surface area contributed by atoms with Crippen molar-refractivity contribution in [1.82, 2.24) is 10.6 Å². The van der Waals surface area contributed by atoms with Gasteiger partial charge in [0.1, 0.15) is 6.61 Å². The average Bonchev–Trinajstić information content (AvgIpc) is 2.36. The van der Waals surface area contributed by atoms with E-state index in [2.05, 4.69) is 10.6 Å². The van der Waals surface area contributed by atoms with Crippen LogP contribution in [-0.2, 0) is 19.0 Å². The van der Waals surface area contributed by atoms with Crippen LogP contribution >= 0.6 is 0 Å². The standard InChI is InChI=1S/C11H22N2O4/c1-15-5-2-3-13-11(14)9-16-8-10-7-12-4-6-17-10/h10,12H,2-9H2,1H3,(H,13,14). The number of amides is 1. The number of carbonyl (C=O) groups is 1. The van der Waals surface area contributed by atoms with Gasteiger partial charge in [0.2, 0.25) is 5.91 Å². The molecule has 0 spiro atoms. The summed E-state index contributed by atoms with van der Waals surface area (Å²) in [7, 11) is 1.64. The van der Waals surface area contributed by atoms with Gasteiger partial charge in [-0.1, -0.05) is 0 Å². The molecule has 2 N–H and O–H groups in total. The SMILES string of the molecule is COCCCNC(=O)COCC1CNCCO1. The first-order valence-corrected chi connectivity index (χ1v) is 5.98. The van der Waals surface area contributed by atoms with E-state index in [-0.39, 0.29) is 18.6 Å². The highest BCUT2D eigenvalue weighted by atomic mass is 16.5. The molecule has 6 heteroatoms. The molecule has 1 aliphatic heterocycles. The number of ether oxygens (including phenoxy) is 3. The third kappa shape index (κ3) is 7.27. The minimum absolute atomic E-state index is 0.0602. The molecular formula is C11H22N2O4. The Kier molecular flexibility index (Phi) is 7.91. The molecule has 0 bridgehead atoms. The highest BCUT2D eigenvalue weighted by molar-refractivity contribution is 5.77. The molecule has 1 amide bonds. The van der Waals surface area contributed by atoms with Crippen LogP contribution in [0.25, 0.3) is 0 Å². The maximum Gasteiger partial charge on any atom is 0.246 e. The fraction of sp³-hybridized carbons (Fsp3) is 0.909. The largest absolute Gasteiger partial charge is 0.385 e. The second-order valence-corrected chi connectivity index (χ2v) is 3.91. The van der Waals surface area contributed by atoms with E-state index in [0.29, 0.717) is 26.4 Å². The molecule has 17 heavy (non-hydrogen) atoms. The molecule has 0 saturated carbocycles. The molecule has 6 nitrogen and oxygen atoms in total. The van der Waals surface area contributed by atoms with E-state index in [1.807, 2.05) is 0 Å². The first kappa shape index (κ1) is 14.4. The molecule has 100 valence electrons. The number of hydrogen-bond acceptors (Lipinski definition) is 5. The van der Waals surface area contributed by atoms with E-state index in [1.165, 1.54) is 0 Å². The predicted molar refractivity (Wildman–Crippen MR) is 62.9 cm³/mol. The van der Waals surface area contributed by atoms with Crippen molar-refractivity contribution in [3.8, 4) is 0 Å². The van der Waals surface area contributed by atoms with E-state index in [4.69, 9.17) is 14.2 Å². The van der Waals surface area contributed by atoms with Gasteiger partial charge in [0.15, 0.2) is 0 Å². The van der Waals surface area contributed by atoms with Gasteiger partial charge in [0, 0.05) is 33.4 Å². The van der Waals surface area contributed by atoms with Gasteiger partial charge in [0.05, 0.1) is 19.3 Å². The first-order valence-electron chi connectivity index (χ1n) is 5.98. The lowest BCUT2D eigenvalue weighted by molar-refractivity contribution is -0.127. The summed E-state index contributed by atoms with van der Waals surface area (Å²) in [6, 6.07) is 0. The maximum atomic E-state index is 11.3. The van der Waals surface area contributed by atoms with Crippen molar-refractivity contribution in [2.24, 2.45) is 0 Å². The van der Waals surface area contributed by atoms with Gasteiger partial charge >= 0.3 is 0 Å². The van der Waals surface area contributed by atoms with E-state index < -0.39 is 0 Å². The highest BCUT2D eigenvalue weighted by Crippen LogP contribution is 1.96. The van der Waals surface area contributed by atoms with Crippen molar-refractivity contribution in [3.05, 3.63) is 0 Å². The lowest BCUT2D eigenvalue weighted by atomic mass is 10.3. The van der Waals surface area contributed by atoms with Gasteiger partial charge in [-0.25, -0.2) is 0 Å². The third-order valence-corrected chi connectivity index (χ3v) is 2.39. The number of hydrogen-bond donors (Lipinski definition) is 2. The van der Waals surface area contributed by atoms with Crippen LogP contribution in [0.4, 0.5) is 0 Å². The molecule has 0 aromatic heterocycles. The Morgan fingerprint density at radius 3 is 3.18 bits per heavy atom. The van der Waals surface area contributed by atoms with Gasteiger partial charge in [-0.05, 0) is 6.42 Å².